The highest BCUT2D eigenvalue weighted by Gasteiger charge is 2.05. The van der Waals surface area contributed by atoms with Crippen molar-refractivity contribution in [3.8, 4) is 0 Å². The minimum absolute atomic E-state index is 0.0532. The van der Waals surface area contributed by atoms with Gasteiger partial charge >= 0.3 is 0 Å². The summed E-state index contributed by atoms with van der Waals surface area (Å²) in [5.41, 5.74) is 2.01. The van der Waals surface area contributed by atoms with Gasteiger partial charge in [0.25, 0.3) is 0 Å². The zero-order valence-corrected chi connectivity index (χ0v) is 11.7. The molecular formula is C14H17N3OS. The van der Waals surface area contributed by atoms with Crippen molar-refractivity contribution < 1.29 is 5.11 Å². The Labute approximate surface area is 117 Å². The van der Waals surface area contributed by atoms with Gasteiger partial charge in [0.2, 0.25) is 0 Å². The maximum absolute atomic E-state index is 9.27. The Morgan fingerprint density at radius 3 is 2.74 bits per heavy atom. The van der Waals surface area contributed by atoms with E-state index in [1.54, 1.807) is 6.20 Å². The largest absolute Gasteiger partial charge is 0.391 e. The van der Waals surface area contributed by atoms with Crippen LogP contribution in [0.2, 0.25) is 0 Å². The summed E-state index contributed by atoms with van der Waals surface area (Å²) in [6, 6.07) is 10.3. The van der Waals surface area contributed by atoms with Gasteiger partial charge in [0.1, 0.15) is 5.82 Å². The number of nitrogens with zero attached hydrogens (tertiary/aromatic N) is 2. The number of aliphatic hydroxyl groups excluding tert-OH is 1. The molecule has 1 aromatic carbocycles. The molecule has 0 bridgehead atoms. The second kappa shape index (κ2) is 7.11. The first kappa shape index (κ1) is 13.8. The molecule has 0 aliphatic heterocycles. The predicted octanol–water partition coefficient (Wildman–Crippen LogP) is 2.35. The molecular weight excluding hydrogens is 258 g/mol. The number of benzene rings is 1. The molecule has 2 rings (SSSR count). The topological polar surface area (TPSA) is 58.0 Å². The van der Waals surface area contributed by atoms with E-state index in [2.05, 4.69) is 27.4 Å². The number of anilines is 1. The molecule has 0 aliphatic rings. The lowest BCUT2D eigenvalue weighted by Crippen LogP contribution is -2.09. The van der Waals surface area contributed by atoms with Gasteiger partial charge < -0.3 is 10.4 Å². The van der Waals surface area contributed by atoms with E-state index in [-0.39, 0.29) is 6.61 Å². The second-order valence-corrected chi connectivity index (χ2v) is 4.82. The molecule has 0 fully saturated rings. The number of thioether (sulfide) groups is 1. The molecule has 1 heterocycles. The van der Waals surface area contributed by atoms with E-state index in [0.29, 0.717) is 5.16 Å². The van der Waals surface area contributed by atoms with Crippen LogP contribution < -0.4 is 5.32 Å². The van der Waals surface area contributed by atoms with Crippen LogP contribution in [0.15, 0.2) is 41.7 Å². The summed E-state index contributed by atoms with van der Waals surface area (Å²) < 4.78 is 0. The molecule has 4 nitrogen and oxygen atoms in total. The van der Waals surface area contributed by atoms with Crippen molar-refractivity contribution in [1.29, 1.82) is 0 Å². The monoisotopic (exact) mass is 275 g/mol. The first-order chi connectivity index (χ1) is 9.33. The Balaban J connectivity index is 1.98. The van der Waals surface area contributed by atoms with E-state index in [4.69, 9.17) is 0 Å². The molecule has 0 aliphatic carbocycles. The summed E-state index contributed by atoms with van der Waals surface area (Å²) in [7, 11) is 0. The average molecular weight is 275 g/mol. The predicted molar refractivity (Wildman–Crippen MR) is 78.4 cm³/mol. The van der Waals surface area contributed by atoms with Crippen molar-refractivity contribution >= 4 is 17.6 Å². The van der Waals surface area contributed by atoms with Crippen LogP contribution in [0.4, 0.5) is 5.82 Å². The average Bonchev–Trinajstić information content (AvgIpc) is 2.48. The fraction of sp³-hybridized carbons (Fsp3) is 0.286. The molecule has 2 aromatic rings. The third-order valence-corrected chi connectivity index (χ3v) is 3.31. The minimum atomic E-state index is -0.0532. The van der Waals surface area contributed by atoms with Crippen LogP contribution in [-0.2, 0) is 13.0 Å². The van der Waals surface area contributed by atoms with Gasteiger partial charge in [-0.3, -0.25) is 0 Å². The van der Waals surface area contributed by atoms with Crippen molar-refractivity contribution in [1.82, 2.24) is 9.97 Å². The maximum atomic E-state index is 9.27. The lowest BCUT2D eigenvalue weighted by Gasteiger charge is -2.10. The molecule has 0 amide bonds. The smallest absolute Gasteiger partial charge is 0.189 e. The standard InChI is InChI=1S/C14H17N3OS/c1-19-14-16-9-12(10-18)13(17-14)15-8-7-11-5-3-2-4-6-11/h2-6,9,18H,7-8,10H2,1H3,(H,15,16,17). The molecule has 0 atom stereocenters. The van der Waals surface area contributed by atoms with Gasteiger partial charge in [-0.1, -0.05) is 42.1 Å². The molecule has 19 heavy (non-hydrogen) atoms. The quantitative estimate of drug-likeness (QED) is 0.626. The van der Waals surface area contributed by atoms with E-state index in [0.717, 1.165) is 24.3 Å². The van der Waals surface area contributed by atoms with Gasteiger partial charge in [0.15, 0.2) is 5.16 Å². The van der Waals surface area contributed by atoms with Crippen molar-refractivity contribution in [2.24, 2.45) is 0 Å². The van der Waals surface area contributed by atoms with E-state index >= 15 is 0 Å². The summed E-state index contributed by atoms with van der Waals surface area (Å²) in [5, 5.41) is 13.2. The SMILES string of the molecule is CSc1ncc(CO)c(NCCc2ccccc2)n1. The Bertz CT molecular complexity index is 519. The third-order valence-electron chi connectivity index (χ3n) is 2.74. The normalized spacial score (nSPS) is 10.4. The molecule has 0 radical (unpaired) electrons. The van der Waals surface area contributed by atoms with E-state index in [1.807, 2.05) is 24.5 Å². The third kappa shape index (κ3) is 3.94. The highest BCUT2D eigenvalue weighted by atomic mass is 32.2. The Kier molecular flexibility index (Phi) is 5.18. The Morgan fingerprint density at radius 1 is 1.26 bits per heavy atom. The fourth-order valence-corrected chi connectivity index (χ4v) is 2.07. The van der Waals surface area contributed by atoms with E-state index in [9.17, 15) is 5.11 Å². The van der Waals surface area contributed by atoms with Gasteiger partial charge in [-0.25, -0.2) is 9.97 Å². The highest BCUT2D eigenvalue weighted by Crippen LogP contribution is 2.16. The fourth-order valence-electron chi connectivity index (χ4n) is 1.73. The van der Waals surface area contributed by atoms with Crippen LogP contribution in [-0.4, -0.2) is 27.9 Å². The zero-order valence-electron chi connectivity index (χ0n) is 10.8. The van der Waals surface area contributed by atoms with E-state index < -0.39 is 0 Å². The van der Waals surface area contributed by atoms with Crippen LogP contribution in [0.1, 0.15) is 11.1 Å². The van der Waals surface area contributed by atoms with E-state index in [1.165, 1.54) is 17.3 Å². The van der Waals surface area contributed by atoms with Crippen LogP contribution >= 0.6 is 11.8 Å². The van der Waals surface area contributed by atoms with Crippen LogP contribution in [0, 0.1) is 0 Å². The second-order valence-electron chi connectivity index (χ2n) is 4.05. The molecule has 2 N–H and O–H groups in total. The highest BCUT2D eigenvalue weighted by molar-refractivity contribution is 7.98. The van der Waals surface area contributed by atoms with Crippen LogP contribution in [0.3, 0.4) is 0 Å². The molecule has 0 saturated heterocycles. The molecule has 0 saturated carbocycles. The summed E-state index contributed by atoms with van der Waals surface area (Å²) in [5.74, 6) is 0.720. The summed E-state index contributed by atoms with van der Waals surface area (Å²) in [6.07, 6.45) is 4.52. The molecule has 0 unspecified atom stereocenters. The first-order valence-corrected chi connectivity index (χ1v) is 7.34. The van der Waals surface area contributed by atoms with Crippen LogP contribution in [0.25, 0.3) is 0 Å². The summed E-state index contributed by atoms with van der Waals surface area (Å²) in [4.78, 5) is 8.52. The van der Waals surface area contributed by atoms with Crippen molar-refractivity contribution in [2.45, 2.75) is 18.2 Å². The summed E-state index contributed by atoms with van der Waals surface area (Å²) in [6.45, 7) is 0.726. The zero-order chi connectivity index (χ0) is 13.5. The van der Waals surface area contributed by atoms with Gasteiger partial charge in [0.05, 0.1) is 6.61 Å². The maximum Gasteiger partial charge on any atom is 0.189 e. The Hall–Kier alpha value is -1.59. The minimum Gasteiger partial charge on any atom is -0.391 e. The number of nitrogens with one attached hydrogen (secondary N) is 1. The molecule has 0 spiro atoms. The number of hydrogen-bond donors (Lipinski definition) is 2. The number of aromatic nitrogens is 2. The number of rotatable bonds is 6. The molecule has 100 valence electrons. The van der Waals surface area contributed by atoms with Crippen molar-refractivity contribution in [3.63, 3.8) is 0 Å². The lowest BCUT2D eigenvalue weighted by molar-refractivity contribution is 0.281. The molecule has 1 aromatic heterocycles. The first-order valence-electron chi connectivity index (χ1n) is 6.12. The van der Waals surface area contributed by atoms with Gasteiger partial charge in [-0.15, -0.1) is 0 Å². The lowest BCUT2D eigenvalue weighted by atomic mass is 10.1. The number of hydrogen-bond acceptors (Lipinski definition) is 5. The summed E-state index contributed by atoms with van der Waals surface area (Å²) >= 11 is 1.49. The van der Waals surface area contributed by atoms with Gasteiger partial charge in [0, 0.05) is 18.3 Å². The van der Waals surface area contributed by atoms with Crippen LogP contribution in [0.5, 0.6) is 0 Å². The molecule has 5 heteroatoms. The number of aliphatic hydroxyl groups is 1. The van der Waals surface area contributed by atoms with Crippen molar-refractivity contribution in [3.05, 3.63) is 47.7 Å². The Morgan fingerprint density at radius 2 is 2.05 bits per heavy atom. The van der Waals surface area contributed by atoms with Gasteiger partial charge in [-0.05, 0) is 18.2 Å². The van der Waals surface area contributed by atoms with Gasteiger partial charge in [-0.2, -0.15) is 0 Å². The van der Waals surface area contributed by atoms with Crippen molar-refractivity contribution in [2.75, 3.05) is 18.1 Å².